The van der Waals surface area contributed by atoms with E-state index in [9.17, 15) is 4.39 Å². The van der Waals surface area contributed by atoms with Crippen molar-refractivity contribution < 1.29 is 4.39 Å². The normalized spacial score (nSPS) is 10.9. The zero-order chi connectivity index (χ0) is 13.1. The molecule has 0 unspecified atom stereocenters. The third-order valence-corrected chi connectivity index (χ3v) is 2.75. The van der Waals surface area contributed by atoms with Gasteiger partial charge in [0.1, 0.15) is 5.82 Å². The van der Waals surface area contributed by atoms with E-state index < -0.39 is 0 Å². The molecule has 1 aromatic heterocycles. The number of anilines is 1. The molecule has 1 aromatic carbocycles. The molecule has 0 bridgehead atoms. The smallest absolute Gasteiger partial charge is 0.126 e. The van der Waals surface area contributed by atoms with Gasteiger partial charge in [-0.25, -0.2) is 4.39 Å². The Hall–Kier alpha value is -1.55. The van der Waals surface area contributed by atoms with Crippen molar-refractivity contribution in [3.8, 4) is 0 Å². The van der Waals surface area contributed by atoms with E-state index in [1.807, 2.05) is 16.9 Å². The topological polar surface area (TPSA) is 29.9 Å². The monoisotopic (exact) mass is 267 g/mol. The zero-order valence-corrected chi connectivity index (χ0v) is 11.1. The van der Waals surface area contributed by atoms with Gasteiger partial charge in [0.15, 0.2) is 0 Å². The van der Waals surface area contributed by atoms with Gasteiger partial charge in [-0.2, -0.15) is 5.10 Å². The second kappa shape index (κ2) is 5.40. The van der Waals surface area contributed by atoms with Crippen molar-refractivity contribution in [2.75, 3.05) is 5.32 Å². The number of hydrogen-bond donors (Lipinski definition) is 1. The van der Waals surface area contributed by atoms with Crippen LogP contribution in [0.1, 0.15) is 25.6 Å². The standard InChI is InChI=1S/C13H15ClFN3/c1-9(2)18-4-3-12(17-18)8-16-13-6-10(14)5-11(15)7-13/h3-7,9,16H,8H2,1-2H3. The highest BCUT2D eigenvalue weighted by Crippen LogP contribution is 2.18. The first-order valence-corrected chi connectivity index (χ1v) is 6.16. The highest BCUT2D eigenvalue weighted by molar-refractivity contribution is 6.30. The highest BCUT2D eigenvalue weighted by atomic mass is 35.5. The van der Waals surface area contributed by atoms with Gasteiger partial charge in [-0.3, -0.25) is 4.68 Å². The molecule has 0 atom stereocenters. The Balaban J connectivity index is 2.02. The summed E-state index contributed by atoms with van der Waals surface area (Å²) >= 11 is 5.78. The molecule has 0 aliphatic rings. The predicted molar refractivity (Wildman–Crippen MR) is 71.3 cm³/mol. The fourth-order valence-corrected chi connectivity index (χ4v) is 1.83. The minimum Gasteiger partial charge on any atom is -0.379 e. The summed E-state index contributed by atoms with van der Waals surface area (Å²) in [6.45, 7) is 4.67. The van der Waals surface area contributed by atoms with Crippen LogP contribution in [0.15, 0.2) is 30.5 Å². The van der Waals surface area contributed by atoms with Crippen LogP contribution in [-0.2, 0) is 6.54 Å². The van der Waals surface area contributed by atoms with Crippen LogP contribution in [0, 0.1) is 5.82 Å². The van der Waals surface area contributed by atoms with Crippen molar-refractivity contribution in [2.45, 2.75) is 26.4 Å². The van der Waals surface area contributed by atoms with Crippen molar-refractivity contribution in [3.05, 3.63) is 47.0 Å². The number of nitrogens with zero attached hydrogens (tertiary/aromatic N) is 2. The van der Waals surface area contributed by atoms with Crippen LogP contribution >= 0.6 is 11.6 Å². The van der Waals surface area contributed by atoms with E-state index in [1.54, 1.807) is 6.07 Å². The Morgan fingerprint density at radius 1 is 1.39 bits per heavy atom. The molecular weight excluding hydrogens is 253 g/mol. The fraction of sp³-hybridized carbons (Fsp3) is 0.308. The second-order valence-corrected chi connectivity index (χ2v) is 4.83. The minimum atomic E-state index is -0.349. The van der Waals surface area contributed by atoms with Crippen molar-refractivity contribution in [3.63, 3.8) is 0 Å². The quantitative estimate of drug-likeness (QED) is 0.911. The molecule has 0 spiro atoms. The Bertz CT molecular complexity index is 517. The summed E-state index contributed by atoms with van der Waals surface area (Å²) in [6.07, 6.45) is 1.93. The van der Waals surface area contributed by atoms with Crippen molar-refractivity contribution in [1.82, 2.24) is 9.78 Å². The van der Waals surface area contributed by atoms with Crippen molar-refractivity contribution >= 4 is 17.3 Å². The Kier molecular flexibility index (Phi) is 3.87. The van der Waals surface area contributed by atoms with E-state index >= 15 is 0 Å². The third kappa shape index (κ3) is 3.23. The van der Waals surface area contributed by atoms with E-state index in [-0.39, 0.29) is 5.82 Å². The van der Waals surface area contributed by atoms with E-state index in [1.165, 1.54) is 12.1 Å². The summed E-state index contributed by atoms with van der Waals surface area (Å²) in [5, 5.41) is 7.87. The molecule has 18 heavy (non-hydrogen) atoms. The average molecular weight is 268 g/mol. The molecule has 0 saturated carbocycles. The number of nitrogens with one attached hydrogen (secondary N) is 1. The maximum Gasteiger partial charge on any atom is 0.126 e. The Labute approximate surface area is 111 Å². The van der Waals surface area contributed by atoms with Crippen LogP contribution in [0.4, 0.5) is 10.1 Å². The molecule has 0 amide bonds. The van der Waals surface area contributed by atoms with Crippen LogP contribution in [0.25, 0.3) is 0 Å². The van der Waals surface area contributed by atoms with Gasteiger partial charge < -0.3 is 5.32 Å². The molecule has 5 heteroatoms. The van der Waals surface area contributed by atoms with Gasteiger partial charge in [-0.1, -0.05) is 11.6 Å². The van der Waals surface area contributed by atoms with Gasteiger partial charge >= 0.3 is 0 Å². The lowest BCUT2D eigenvalue weighted by molar-refractivity contribution is 0.527. The molecule has 2 aromatic rings. The maximum atomic E-state index is 13.1. The lowest BCUT2D eigenvalue weighted by Crippen LogP contribution is -2.04. The number of aromatic nitrogens is 2. The number of benzene rings is 1. The van der Waals surface area contributed by atoms with Crippen LogP contribution in [0.5, 0.6) is 0 Å². The molecule has 96 valence electrons. The van der Waals surface area contributed by atoms with Gasteiger partial charge in [0.05, 0.1) is 12.2 Å². The highest BCUT2D eigenvalue weighted by Gasteiger charge is 2.03. The van der Waals surface area contributed by atoms with Gasteiger partial charge in [0.2, 0.25) is 0 Å². The summed E-state index contributed by atoms with van der Waals surface area (Å²) in [4.78, 5) is 0. The fourth-order valence-electron chi connectivity index (χ4n) is 1.61. The van der Waals surface area contributed by atoms with Crippen LogP contribution in [0.3, 0.4) is 0 Å². The SMILES string of the molecule is CC(C)n1ccc(CNc2cc(F)cc(Cl)c2)n1. The number of halogens is 2. The number of hydrogen-bond acceptors (Lipinski definition) is 2. The van der Waals surface area contributed by atoms with Gasteiger partial charge in [0, 0.05) is 22.9 Å². The molecule has 0 fully saturated rings. The molecule has 0 saturated heterocycles. The van der Waals surface area contributed by atoms with Gasteiger partial charge in [-0.15, -0.1) is 0 Å². The second-order valence-electron chi connectivity index (χ2n) is 4.39. The summed E-state index contributed by atoms with van der Waals surface area (Å²) in [6, 6.07) is 6.64. The number of rotatable bonds is 4. The summed E-state index contributed by atoms with van der Waals surface area (Å²) in [7, 11) is 0. The van der Waals surface area contributed by atoms with Gasteiger partial charge in [0.25, 0.3) is 0 Å². The van der Waals surface area contributed by atoms with E-state index in [0.717, 1.165) is 5.69 Å². The molecule has 1 heterocycles. The molecule has 0 aliphatic carbocycles. The predicted octanol–water partition coefficient (Wildman–Crippen LogP) is 3.87. The lowest BCUT2D eigenvalue weighted by Gasteiger charge is -2.06. The zero-order valence-electron chi connectivity index (χ0n) is 10.3. The average Bonchev–Trinajstić information content (AvgIpc) is 2.73. The van der Waals surface area contributed by atoms with E-state index in [0.29, 0.717) is 23.3 Å². The first-order chi connectivity index (χ1) is 8.54. The largest absolute Gasteiger partial charge is 0.379 e. The van der Waals surface area contributed by atoms with E-state index in [2.05, 4.69) is 24.3 Å². The summed E-state index contributed by atoms with van der Waals surface area (Å²) in [5.41, 5.74) is 1.56. The minimum absolute atomic E-state index is 0.336. The first-order valence-electron chi connectivity index (χ1n) is 5.78. The van der Waals surface area contributed by atoms with Crippen LogP contribution in [-0.4, -0.2) is 9.78 Å². The Morgan fingerprint density at radius 3 is 2.78 bits per heavy atom. The van der Waals surface area contributed by atoms with Crippen LogP contribution in [0.2, 0.25) is 5.02 Å². The molecule has 3 nitrogen and oxygen atoms in total. The van der Waals surface area contributed by atoms with Crippen molar-refractivity contribution in [1.29, 1.82) is 0 Å². The summed E-state index contributed by atoms with van der Waals surface area (Å²) < 4.78 is 15.0. The molecule has 0 radical (unpaired) electrons. The third-order valence-electron chi connectivity index (χ3n) is 2.53. The molecule has 0 aliphatic heterocycles. The van der Waals surface area contributed by atoms with Crippen molar-refractivity contribution in [2.24, 2.45) is 0 Å². The molecule has 1 N–H and O–H groups in total. The van der Waals surface area contributed by atoms with Crippen LogP contribution < -0.4 is 5.32 Å². The van der Waals surface area contributed by atoms with Gasteiger partial charge in [-0.05, 0) is 38.1 Å². The first kappa shape index (κ1) is 12.9. The maximum absolute atomic E-state index is 13.1. The molecule has 2 rings (SSSR count). The molecular formula is C13H15ClFN3. The lowest BCUT2D eigenvalue weighted by atomic mass is 10.3. The Morgan fingerprint density at radius 2 is 2.17 bits per heavy atom. The van der Waals surface area contributed by atoms with E-state index in [4.69, 9.17) is 11.6 Å². The summed E-state index contributed by atoms with van der Waals surface area (Å²) in [5.74, 6) is -0.349.